The number of sulfonamides is 1. The molecule has 7 nitrogen and oxygen atoms in total. The van der Waals surface area contributed by atoms with E-state index in [1.807, 2.05) is 24.3 Å². The van der Waals surface area contributed by atoms with Crippen molar-refractivity contribution in [1.29, 1.82) is 0 Å². The van der Waals surface area contributed by atoms with E-state index in [-0.39, 0.29) is 17.1 Å². The maximum atomic E-state index is 12.8. The number of aromatic nitrogens is 1. The van der Waals surface area contributed by atoms with Gasteiger partial charge in [0.05, 0.1) is 26.6 Å². The lowest BCUT2D eigenvalue weighted by molar-refractivity contribution is -0.385. The minimum Gasteiger partial charge on any atom is -0.258 e. The quantitative estimate of drug-likeness (QED) is 0.502. The van der Waals surface area contributed by atoms with Crippen LogP contribution in [0, 0.1) is 17.0 Å². The molecule has 0 saturated heterocycles. The van der Waals surface area contributed by atoms with E-state index >= 15 is 0 Å². The summed E-state index contributed by atoms with van der Waals surface area (Å²) in [6.07, 6.45) is 0. The molecule has 0 N–H and O–H groups in total. The zero-order valence-corrected chi connectivity index (χ0v) is 15.2. The van der Waals surface area contributed by atoms with Crippen LogP contribution in [0.5, 0.6) is 0 Å². The first-order valence-electron chi connectivity index (χ1n) is 7.35. The lowest BCUT2D eigenvalue weighted by Crippen LogP contribution is -2.27. The molecule has 3 rings (SSSR count). The molecule has 1 heterocycles. The fourth-order valence-corrected chi connectivity index (χ4v) is 4.89. The number of nitro groups is 1. The fraction of sp³-hybridized carbons (Fsp3) is 0.188. The van der Waals surface area contributed by atoms with Crippen molar-refractivity contribution in [2.45, 2.75) is 18.4 Å². The topological polar surface area (TPSA) is 93.4 Å². The summed E-state index contributed by atoms with van der Waals surface area (Å²) in [5.74, 6) is 0. The molecule has 2 aromatic carbocycles. The average molecular weight is 377 g/mol. The summed E-state index contributed by atoms with van der Waals surface area (Å²) >= 11 is 1.42. The van der Waals surface area contributed by atoms with Crippen LogP contribution in [-0.4, -0.2) is 29.7 Å². The zero-order valence-electron chi connectivity index (χ0n) is 13.5. The van der Waals surface area contributed by atoms with Crippen LogP contribution in [0.2, 0.25) is 0 Å². The summed E-state index contributed by atoms with van der Waals surface area (Å²) < 4.78 is 27.8. The van der Waals surface area contributed by atoms with Crippen molar-refractivity contribution in [3.8, 4) is 0 Å². The number of nitrogens with zero attached hydrogens (tertiary/aromatic N) is 3. The first kappa shape index (κ1) is 17.5. The summed E-state index contributed by atoms with van der Waals surface area (Å²) in [6.45, 7) is 1.71. The first-order chi connectivity index (χ1) is 11.8. The summed E-state index contributed by atoms with van der Waals surface area (Å²) in [7, 11) is -2.42. The minimum atomic E-state index is -3.87. The largest absolute Gasteiger partial charge is 0.270 e. The maximum absolute atomic E-state index is 12.8. The number of para-hydroxylation sites is 1. The number of hydrogen-bond donors (Lipinski definition) is 0. The van der Waals surface area contributed by atoms with Gasteiger partial charge >= 0.3 is 0 Å². The molecule has 130 valence electrons. The highest BCUT2D eigenvalue weighted by molar-refractivity contribution is 7.89. The van der Waals surface area contributed by atoms with Crippen molar-refractivity contribution < 1.29 is 13.3 Å². The molecule has 0 spiro atoms. The Morgan fingerprint density at radius 3 is 2.64 bits per heavy atom. The van der Waals surface area contributed by atoms with Crippen LogP contribution in [0.25, 0.3) is 10.2 Å². The fourth-order valence-electron chi connectivity index (χ4n) is 2.41. The highest BCUT2D eigenvalue weighted by Gasteiger charge is 2.26. The molecule has 0 aliphatic heterocycles. The Morgan fingerprint density at radius 2 is 1.96 bits per heavy atom. The average Bonchev–Trinajstić information content (AvgIpc) is 2.96. The van der Waals surface area contributed by atoms with Gasteiger partial charge in [0.25, 0.3) is 5.69 Å². The second-order valence-corrected chi connectivity index (χ2v) is 8.67. The van der Waals surface area contributed by atoms with E-state index in [2.05, 4.69) is 4.98 Å². The van der Waals surface area contributed by atoms with Crippen LogP contribution < -0.4 is 0 Å². The van der Waals surface area contributed by atoms with E-state index in [0.717, 1.165) is 20.6 Å². The van der Waals surface area contributed by atoms with Gasteiger partial charge in [0.2, 0.25) is 10.0 Å². The van der Waals surface area contributed by atoms with E-state index in [1.165, 1.54) is 30.5 Å². The molecule has 1 aromatic heterocycles. The number of fused-ring (bicyclic) bond motifs is 1. The molecule has 0 atom stereocenters. The predicted octanol–water partition coefficient (Wildman–Crippen LogP) is 3.33. The summed E-state index contributed by atoms with van der Waals surface area (Å²) in [6, 6.07) is 11.4. The molecular weight excluding hydrogens is 362 g/mol. The molecule has 0 bridgehead atoms. The first-order valence-corrected chi connectivity index (χ1v) is 9.60. The van der Waals surface area contributed by atoms with Gasteiger partial charge in [-0.25, -0.2) is 13.4 Å². The number of nitro benzene ring substituents is 1. The van der Waals surface area contributed by atoms with Gasteiger partial charge in [0, 0.05) is 19.2 Å². The van der Waals surface area contributed by atoms with Crippen molar-refractivity contribution in [3.05, 3.63) is 63.1 Å². The zero-order chi connectivity index (χ0) is 18.2. The van der Waals surface area contributed by atoms with E-state index < -0.39 is 14.9 Å². The van der Waals surface area contributed by atoms with E-state index in [9.17, 15) is 18.5 Å². The van der Waals surface area contributed by atoms with Crippen molar-refractivity contribution in [2.75, 3.05) is 7.05 Å². The van der Waals surface area contributed by atoms with Gasteiger partial charge in [-0.15, -0.1) is 11.3 Å². The van der Waals surface area contributed by atoms with Crippen LogP contribution in [0.3, 0.4) is 0 Å². The summed E-state index contributed by atoms with van der Waals surface area (Å²) in [4.78, 5) is 14.7. The smallest absolute Gasteiger partial charge is 0.258 e. The lowest BCUT2D eigenvalue weighted by Gasteiger charge is -2.17. The predicted molar refractivity (Wildman–Crippen MR) is 96.1 cm³/mol. The Bertz CT molecular complexity index is 1030. The van der Waals surface area contributed by atoms with E-state index in [4.69, 9.17) is 0 Å². The second-order valence-electron chi connectivity index (χ2n) is 5.54. The second kappa shape index (κ2) is 6.51. The van der Waals surface area contributed by atoms with Gasteiger partial charge in [-0.05, 0) is 24.6 Å². The van der Waals surface area contributed by atoms with Crippen LogP contribution in [0.1, 0.15) is 10.6 Å². The molecule has 0 radical (unpaired) electrons. The highest BCUT2D eigenvalue weighted by Crippen LogP contribution is 2.27. The van der Waals surface area contributed by atoms with Crippen LogP contribution in [0.15, 0.2) is 47.4 Å². The van der Waals surface area contributed by atoms with Gasteiger partial charge in [-0.3, -0.25) is 10.1 Å². The van der Waals surface area contributed by atoms with E-state index in [1.54, 1.807) is 6.92 Å². The van der Waals surface area contributed by atoms with Crippen molar-refractivity contribution >= 4 is 37.3 Å². The number of rotatable bonds is 5. The molecule has 0 fully saturated rings. The number of thiazole rings is 1. The molecule has 9 heteroatoms. The van der Waals surface area contributed by atoms with Crippen LogP contribution >= 0.6 is 11.3 Å². The monoisotopic (exact) mass is 377 g/mol. The Morgan fingerprint density at radius 1 is 1.24 bits per heavy atom. The van der Waals surface area contributed by atoms with Gasteiger partial charge in [0.1, 0.15) is 5.01 Å². The van der Waals surface area contributed by atoms with Crippen molar-refractivity contribution in [1.82, 2.24) is 9.29 Å². The summed E-state index contributed by atoms with van der Waals surface area (Å²) in [5, 5.41) is 11.6. The number of aryl methyl sites for hydroxylation is 1. The SMILES string of the molecule is Cc1ccc([N+](=O)[O-])cc1S(=O)(=O)N(C)Cc1nc2ccccc2s1. The molecule has 0 aliphatic rings. The third-order valence-electron chi connectivity index (χ3n) is 3.77. The highest BCUT2D eigenvalue weighted by atomic mass is 32.2. The molecule has 0 unspecified atom stereocenters. The molecule has 0 saturated carbocycles. The molecular formula is C16H15N3O4S2. The lowest BCUT2D eigenvalue weighted by atomic mass is 10.2. The Kier molecular flexibility index (Phi) is 4.55. The Labute approximate surface area is 148 Å². The van der Waals surface area contributed by atoms with Gasteiger partial charge in [-0.2, -0.15) is 4.31 Å². The molecule has 0 amide bonds. The third-order valence-corrected chi connectivity index (χ3v) is 6.73. The number of hydrogen-bond acceptors (Lipinski definition) is 6. The van der Waals surface area contributed by atoms with Crippen molar-refractivity contribution in [3.63, 3.8) is 0 Å². The molecule has 0 aliphatic carbocycles. The molecule has 3 aromatic rings. The van der Waals surface area contributed by atoms with Gasteiger partial charge < -0.3 is 0 Å². The maximum Gasteiger partial charge on any atom is 0.270 e. The Balaban J connectivity index is 1.93. The van der Waals surface area contributed by atoms with Crippen molar-refractivity contribution in [2.24, 2.45) is 0 Å². The minimum absolute atomic E-state index is 0.0645. The summed E-state index contributed by atoms with van der Waals surface area (Å²) in [5.41, 5.74) is 1.03. The third kappa shape index (κ3) is 3.39. The standard InChI is InChI=1S/C16H15N3O4S2/c1-11-7-8-12(19(20)21)9-15(11)25(22,23)18(2)10-16-17-13-5-3-4-6-14(13)24-16/h3-9H,10H2,1-2H3. The van der Waals surface area contributed by atoms with Crippen LogP contribution in [0.4, 0.5) is 5.69 Å². The number of non-ortho nitro benzene ring substituents is 1. The molecule has 25 heavy (non-hydrogen) atoms. The van der Waals surface area contributed by atoms with Crippen LogP contribution in [-0.2, 0) is 16.6 Å². The van der Waals surface area contributed by atoms with E-state index in [0.29, 0.717) is 10.6 Å². The van der Waals surface area contributed by atoms with Gasteiger partial charge in [-0.1, -0.05) is 18.2 Å². The normalized spacial score (nSPS) is 12.0. The Hall–Kier alpha value is -2.36. The number of benzene rings is 2. The van der Waals surface area contributed by atoms with Gasteiger partial charge in [0.15, 0.2) is 0 Å².